The highest BCUT2D eigenvalue weighted by atomic mass is 19.2. The molecule has 0 spiro atoms. The summed E-state index contributed by atoms with van der Waals surface area (Å²) in [5.41, 5.74) is 0.416. The van der Waals surface area contributed by atoms with Crippen LogP contribution < -0.4 is 4.74 Å². The van der Waals surface area contributed by atoms with Gasteiger partial charge >= 0.3 is 0 Å². The molecule has 0 aliphatic rings. The molecule has 0 radical (unpaired) electrons. The van der Waals surface area contributed by atoms with Crippen LogP contribution in [0.3, 0.4) is 0 Å². The molecule has 21 heavy (non-hydrogen) atoms. The van der Waals surface area contributed by atoms with E-state index in [0.717, 1.165) is 24.7 Å². The molecule has 2 rings (SSSR count). The summed E-state index contributed by atoms with van der Waals surface area (Å²) in [5.74, 6) is -1.19. The van der Waals surface area contributed by atoms with Crippen LogP contribution in [0.5, 0.6) is 5.75 Å². The van der Waals surface area contributed by atoms with Gasteiger partial charge in [-0.2, -0.15) is 5.11 Å². The van der Waals surface area contributed by atoms with Crippen molar-refractivity contribution in [3.05, 3.63) is 54.1 Å². The number of halogens is 2. The van der Waals surface area contributed by atoms with Gasteiger partial charge in [0.25, 0.3) is 0 Å². The summed E-state index contributed by atoms with van der Waals surface area (Å²) < 4.78 is 31.9. The lowest BCUT2D eigenvalue weighted by Crippen LogP contribution is -1.95. The van der Waals surface area contributed by atoms with E-state index in [9.17, 15) is 8.78 Å². The summed E-state index contributed by atoms with van der Waals surface area (Å²) in [6, 6.07) is 10.8. The van der Waals surface area contributed by atoms with Crippen molar-refractivity contribution < 1.29 is 13.5 Å². The number of ether oxygens (including phenoxy) is 1. The van der Waals surface area contributed by atoms with Gasteiger partial charge in [-0.1, -0.05) is 19.4 Å². The van der Waals surface area contributed by atoms with E-state index in [0.29, 0.717) is 12.3 Å². The summed E-state index contributed by atoms with van der Waals surface area (Å²) in [4.78, 5) is 0. The Balaban J connectivity index is 2.02. The van der Waals surface area contributed by atoms with E-state index < -0.39 is 11.6 Å². The Morgan fingerprint density at radius 3 is 2.48 bits per heavy atom. The molecule has 2 aromatic carbocycles. The maximum absolute atomic E-state index is 13.4. The molecule has 0 unspecified atom stereocenters. The second-order valence-corrected chi connectivity index (χ2v) is 4.47. The first-order valence-electron chi connectivity index (χ1n) is 6.79. The fraction of sp³-hybridized carbons (Fsp3) is 0.250. The number of unbranched alkanes of at least 4 members (excludes halogenated alkanes) is 1. The van der Waals surface area contributed by atoms with Gasteiger partial charge in [-0.15, -0.1) is 5.11 Å². The highest BCUT2D eigenvalue weighted by Crippen LogP contribution is 2.24. The molecule has 0 saturated carbocycles. The summed E-state index contributed by atoms with van der Waals surface area (Å²) >= 11 is 0. The predicted molar refractivity (Wildman–Crippen MR) is 77.4 cm³/mol. The first-order valence-corrected chi connectivity index (χ1v) is 6.79. The topological polar surface area (TPSA) is 34.0 Å². The predicted octanol–water partition coefficient (Wildman–Crippen LogP) is 5.56. The molecule has 5 heteroatoms. The fourth-order valence-electron chi connectivity index (χ4n) is 1.62. The molecule has 0 N–H and O–H groups in total. The number of hydrogen-bond donors (Lipinski definition) is 0. The molecule has 0 saturated heterocycles. The molecule has 110 valence electrons. The summed E-state index contributed by atoms with van der Waals surface area (Å²) in [7, 11) is 0. The number of benzene rings is 2. The highest BCUT2D eigenvalue weighted by Gasteiger charge is 2.06. The number of azo groups is 1. The van der Waals surface area contributed by atoms with E-state index in [-0.39, 0.29) is 5.69 Å². The van der Waals surface area contributed by atoms with Gasteiger partial charge < -0.3 is 4.74 Å². The van der Waals surface area contributed by atoms with Crippen molar-refractivity contribution in [1.82, 2.24) is 0 Å². The summed E-state index contributed by atoms with van der Waals surface area (Å²) in [5, 5.41) is 7.59. The minimum Gasteiger partial charge on any atom is -0.494 e. The van der Waals surface area contributed by atoms with Gasteiger partial charge in [-0.05, 0) is 42.8 Å². The Morgan fingerprint density at radius 2 is 1.76 bits per heavy atom. The Morgan fingerprint density at radius 1 is 1.00 bits per heavy atom. The third-order valence-electron chi connectivity index (χ3n) is 2.81. The van der Waals surface area contributed by atoms with Crippen molar-refractivity contribution in [3.63, 3.8) is 0 Å². The molecular weight excluding hydrogens is 274 g/mol. The Hall–Kier alpha value is -2.30. The molecule has 0 aliphatic heterocycles. The van der Waals surface area contributed by atoms with Crippen LogP contribution >= 0.6 is 0 Å². The van der Waals surface area contributed by atoms with Gasteiger partial charge in [-0.25, -0.2) is 8.78 Å². The number of nitrogens with zero attached hydrogens (tertiary/aromatic N) is 2. The lowest BCUT2D eigenvalue weighted by atomic mass is 10.3. The number of hydrogen-bond acceptors (Lipinski definition) is 3. The van der Waals surface area contributed by atoms with Crippen LogP contribution in [0.1, 0.15) is 19.8 Å². The second kappa shape index (κ2) is 7.47. The normalized spacial score (nSPS) is 11.0. The molecular formula is C16H16F2N2O. The van der Waals surface area contributed by atoms with E-state index in [1.165, 1.54) is 12.1 Å². The lowest BCUT2D eigenvalue weighted by Gasteiger charge is -2.04. The molecule has 2 aromatic rings. The summed E-state index contributed by atoms with van der Waals surface area (Å²) in [6.45, 7) is 2.77. The zero-order chi connectivity index (χ0) is 15.1. The highest BCUT2D eigenvalue weighted by molar-refractivity contribution is 5.43. The third-order valence-corrected chi connectivity index (χ3v) is 2.81. The second-order valence-electron chi connectivity index (χ2n) is 4.47. The molecule has 0 atom stereocenters. The molecule has 0 heterocycles. The third kappa shape index (κ3) is 4.34. The molecule has 3 nitrogen and oxygen atoms in total. The molecule has 0 aromatic heterocycles. The quantitative estimate of drug-likeness (QED) is 0.506. The molecule has 0 amide bonds. The minimum atomic E-state index is -0.999. The zero-order valence-electron chi connectivity index (χ0n) is 11.7. The van der Waals surface area contributed by atoms with Crippen LogP contribution in [-0.2, 0) is 0 Å². The van der Waals surface area contributed by atoms with Crippen molar-refractivity contribution >= 4 is 11.4 Å². The van der Waals surface area contributed by atoms with E-state index in [4.69, 9.17) is 4.74 Å². The smallest absolute Gasteiger partial charge is 0.186 e. The van der Waals surface area contributed by atoms with Gasteiger partial charge in [0.2, 0.25) is 0 Å². The maximum Gasteiger partial charge on any atom is 0.186 e. The average Bonchev–Trinajstić information content (AvgIpc) is 2.50. The molecule has 0 aliphatic carbocycles. The van der Waals surface area contributed by atoms with Gasteiger partial charge in [0.05, 0.1) is 12.3 Å². The SMILES string of the molecule is CCCCOc1ccc(N=Nc2cccc(F)c2F)cc1. The average molecular weight is 290 g/mol. The van der Waals surface area contributed by atoms with Crippen LogP contribution in [0.15, 0.2) is 52.7 Å². The minimum absolute atomic E-state index is 0.127. The lowest BCUT2D eigenvalue weighted by molar-refractivity contribution is 0.309. The van der Waals surface area contributed by atoms with Crippen LogP contribution in [0, 0.1) is 11.6 Å². The summed E-state index contributed by atoms with van der Waals surface area (Å²) in [6.07, 6.45) is 2.08. The van der Waals surface area contributed by atoms with Gasteiger partial charge in [-0.3, -0.25) is 0 Å². The largest absolute Gasteiger partial charge is 0.494 e. The van der Waals surface area contributed by atoms with Crippen LogP contribution in [0.2, 0.25) is 0 Å². The van der Waals surface area contributed by atoms with Crippen molar-refractivity contribution in [2.45, 2.75) is 19.8 Å². The fourth-order valence-corrected chi connectivity index (χ4v) is 1.62. The Bertz CT molecular complexity index is 612. The Labute approximate surface area is 122 Å². The maximum atomic E-state index is 13.4. The zero-order valence-corrected chi connectivity index (χ0v) is 11.7. The van der Waals surface area contributed by atoms with Crippen LogP contribution in [0.25, 0.3) is 0 Å². The van der Waals surface area contributed by atoms with E-state index in [1.807, 2.05) is 0 Å². The van der Waals surface area contributed by atoms with Crippen molar-refractivity contribution in [1.29, 1.82) is 0 Å². The molecule has 0 bridgehead atoms. The van der Waals surface area contributed by atoms with E-state index in [1.54, 1.807) is 24.3 Å². The molecule has 0 fully saturated rings. The van der Waals surface area contributed by atoms with Gasteiger partial charge in [0, 0.05) is 0 Å². The van der Waals surface area contributed by atoms with Crippen LogP contribution in [0.4, 0.5) is 20.2 Å². The van der Waals surface area contributed by atoms with E-state index in [2.05, 4.69) is 17.2 Å². The van der Waals surface area contributed by atoms with Crippen molar-refractivity contribution in [2.75, 3.05) is 6.61 Å². The van der Waals surface area contributed by atoms with Gasteiger partial charge in [0.15, 0.2) is 11.6 Å². The number of rotatable bonds is 6. The van der Waals surface area contributed by atoms with Crippen molar-refractivity contribution in [3.8, 4) is 5.75 Å². The van der Waals surface area contributed by atoms with E-state index >= 15 is 0 Å². The Kier molecular flexibility index (Phi) is 5.37. The monoisotopic (exact) mass is 290 g/mol. The van der Waals surface area contributed by atoms with Gasteiger partial charge in [0.1, 0.15) is 11.4 Å². The standard InChI is InChI=1S/C16H16F2N2O/c1-2-3-11-21-13-9-7-12(8-10-13)19-20-15-6-4-5-14(17)16(15)18/h4-10H,2-3,11H2,1H3. The van der Waals surface area contributed by atoms with Crippen LogP contribution in [-0.4, -0.2) is 6.61 Å². The first-order chi connectivity index (χ1) is 10.2. The first kappa shape index (κ1) is 15.1. The van der Waals surface area contributed by atoms with Crippen molar-refractivity contribution in [2.24, 2.45) is 10.2 Å².